The molecule has 2 aromatic carbocycles. The largest absolute Gasteiger partial charge is 0.481 e. The number of rotatable bonds is 7. The number of anilines is 1. The van der Waals surface area contributed by atoms with Gasteiger partial charge < -0.3 is 14.5 Å². The lowest BCUT2D eigenvalue weighted by molar-refractivity contribution is -0.115. The van der Waals surface area contributed by atoms with Gasteiger partial charge in [-0.25, -0.2) is 4.39 Å². The molecule has 3 aromatic rings. The molecule has 1 N–H and O–H groups in total. The standard InChI is InChI=1S/C19H17BrFN3O3S/c1-11(26-16-9-5-14(21)6-10-16)18-23-24-19(27-18)28-12(2)17(25)22-15-7-3-13(20)4-8-15/h3-12H,1-2H3,(H,22,25)/t11-,12-/m0/s1. The monoisotopic (exact) mass is 465 g/mol. The van der Waals surface area contributed by atoms with Crippen molar-refractivity contribution in [1.29, 1.82) is 0 Å². The molecule has 0 saturated heterocycles. The zero-order chi connectivity index (χ0) is 20.1. The summed E-state index contributed by atoms with van der Waals surface area (Å²) < 4.78 is 25.1. The Kier molecular flexibility index (Phi) is 6.69. The second-order valence-corrected chi connectivity index (χ2v) is 8.08. The number of benzene rings is 2. The molecule has 0 unspecified atom stereocenters. The smallest absolute Gasteiger partial charge is 0.277 e. The third kappa shape index (κ3) is 5.56. The van der Waals surface area contributed by atoms with Gasteiger partial charge in [-0.05, 0) is 62.4 Å². The van der Waals surface area contributed by atoms with Crippen LogP contribution in [0, 0.1) is 5.82 Å². The lowest BCUT2D eigenvalue weighted by Gasteiger charge is -2.11. The van der Waals surface area contributed by atoms with Crippen LogP contribution in [0.25, 0.3) is 0 Å². The molecule has 1 heterocycles. The highest BCUT2D eigenvalue weighted by molar-refractivity contribution is 9.10. The van der Waals surface area contributed by atoms with E-state index in [2.05, 4.69) is 31.4 Å². The Bertz CT molecular complexity index is 934. The van der Waals surface area contributed by atoms with E-state index in [4.69, 9.17) is 9.15 Å². The van der Waals surface area contributed by atoms with Crippen LogP contribution in [0.4, 0.5) is 10.1 Å². The van der Waals surface area contributed by atoms with Crippen molar-refractivity contribution in [2.45, 2.75) is 30.4 Å². The molecule has 3 rings (SSSR count). The average molecular weight is 466 g/mol. The van der Waals surface area contributed by atoms with Gasteiger partial charge in [-0.1, -0.05) is 27.7 Å². The number of amides is 1. The summed E-state index contributed by atoms with van der Waals surface area (Å²) in [5, 5.41) is 10.6. The molecule has 9 heteroatoms. The number of carbonyl (C=O) groups excluding carboxylic acids is 1. The first kappa shape index (κ1) is 20.3. The van der Waals surface area contributed by atoms with E-state index in [1.165, 1.54) is 24.3 Å². The Hall–Kier alpha value is -2.39. The molecule has 6 nitrogen and oxygen atoms in total. The molecule has 146 valence electrons. The number of hydrogen-bond donors (Lipinski definition) is 1. The fraction of sp³-hybridized carbons (Fsp3) is 0.211. The van der Waals surface area contributed by atoms with Crippen LogP contribution >= 0.6 is 27.7 Å². The fourth-order valence-corrected chi connectivity index (χ4v) is 3.14. The van der Waals surface area contributed by atoms with Crippen molar-refractivity contribution in [1.82, 2.24) is 10.2 Å². The highest BCUT2D eigenvalue weighted by atomic mass is 79.9. The molecular weight excluding hydrogens is 449 g/mol. The van der Waals surface area contributed by atoms with E-state index in [1.807, 2.05) is 12.1 Å². The van der Waals surface area contributed by atoms with Crippen LogP contribution in [0.5, 0.6) is 5.75 Å². The lowest BCUT2D eigenvalue weighted by Crippen LogP contribution is -2.22. The van der Waals surface area contributed by atoms with Crippen molar-refractivity contribution < 1.29 is 18.3 Å². The second-order valence-electron chi connectivity index (χ2n) is 5.88. The zero-order valence-corrected chi connectivity index (χ0v) is 17.5. The summed E-state index contributed by atoms with van der Waals surface area (Å²) in [5.74, 6) is 0.241. The first-order valence-electron chi connectivity index (χ1n) is 8.39. The lowest BCUT2D eigenvalue weighted by atomic mass is 10.3. The van der Waals surface area contributed by atoms with E-state index in [0.29, 0.717) is 11.4 Å². The van der Waals surface area contributed by atoms with Gasteiger partial charge in [0.25, 0.3) is 11.1 Å². The summed E-state index contributed by atoms with van der Waals surface area (Å²) >= 11 is 4.51. The van der Waals surface area contributed by atoms with Crippen LogP contribution in [0.15, 0.2) is 62.6 Å². The van der Waals surface area contributed by atoms with Gasteiger partial charge in [0, 0.05) is 10.2 Å². The molecule has 0 radical (unpaired) electrons. The van der Waals surface area contributed by atoms with Gasteiger partial charge in [0.05, 0.1) is 5.25 Å². The third-order valence-corrected chi connectivity index (χ3v) is 5.12. The Labute approximate surface area is 174 Å². The van der Waals surface area contributed by atoms with E-state index >= 15 is 0 Å². The van der Waals surface area contributed by atoms with E-state index < -0.39 is 11.4 Å². The molecule has 28 heavy (non-hydrogen) atoms. The number of ether oxygens (including phenoxy) is 1. The molecule has 0 aliphatic carbocycles. The van der Waals surface area contributed by atoms with Gasteiger partial charge in [-0.3, -0.25) is 4.79 Å². The van der Waals surface area contributed by atoms with E-state index in [-0.39, 0.29) is 22.8 Å². The maximum absolute atomic E-state index is 13.0. The summed E-state index contributed by atoms with van der Waals surface area (Å²) in [7, 11) is 0. The van der Waals surface area contributed by atoms with Gasteiger partial charge in [-0.15, -0.1) is 10.2 Å². The molecular formula is C19H17BrFN3O3S. The molecule has 0 bridgehead atoms. The average Bonchev–Trinajstić information content (AvgIpc) is 3.14. The van der Waals surface area contributed by atoms with Crippen LogP contribution in [-0.4, -0.2) is 21.4 Å². The topological polar surface area (TPSA) is 77.2 Å². The van der Waals surface area contributed by atoms with Gasteiger partial charge >= 0.3 is 0 Å². The molecule has 0 spiro atoms. The molecule has 0 aliphatic rings. The van der Waals surface area contributed by atoms with Gasteiger partial charge in [-0.2, -0.15) is 0 Å². The number of thioether (sulfide) groups is 1. The van der Waals surface area contributed by atoms with Crippen LogP contribution < -0.4 is 10.1 Å². The van der Waals surface area contributed by atoms with Gasteiger partial charge in [0.2, 0.25) is 5.91 Å². The molecule has 1 aromatic heterocycles. The molecule has 1 amide bonds. The van der Waals surface area contributed by atoms with Gasteiger partial charge in [0.15, 0.2) is 6.10 Å². The van der Waals surface area contributed by atoms with Crippen molar-refractivity contribution >= 4 is 39.3 Å². The van der Waals surface area contributed by atoms with Crippen molar-refractivity contribution in [3.05, 3.63) is 64.7 Å². The number of aromatic nitrogens is 2. The summed E-state index contributed by atoms with van der Waals surface area (Å²) in [4.78, 5) is 12.3. The minimum absolute atomic E-state index is 0.178. The zero-order valence-electron chi connectivity index (χ0n) is 15.1. The minimum atomic E-state index is -0.515. The predicted molar refractivity (Wildman–Crippen MR) is 108 cm³/mol. The van der Waals surface area contributed by atoms with Crippen molar-refractivity contribution in [2.24, 2.45) is 0 Å². The third-order valence-electron chi connectivity index (χ3n) is 3.65. The SMILES string of the molecule is C[C@H](Sc1nnc([C@H](C)Oc2ccc(F)cc2)o1)C(=O)Nc1ccc(Br)cc1. The number of nitrogens with zero attached hydrogens (tertiary/aromatic N) is 2. The van der Waals surface area contributed by atoms with Crippen LogP contribution in [0.1, 0.15) is 25.8 Å². The predicted octanol–water partition coefficient (Wildman–Crippen LogP) is 5.23. The Balaban J connectivity index is 1.56. The van der Waals surface area contributed by atoms with E-state index in [0.717, 1.165) is 16.2 Å². The first-order valence-corrected chi connectivity index (χ1v) is 10.1. The minimum Gasteiger partial charge on any atom is -0.481 e. The van der Waals surface area contributed by atoms with Crippen molar-refractivity contribution in [3.8, 4) is 5.75 Å². The number of hydrogen-bond acceptors (Lipinski definition) is 6. The molecule has 0 aliphatic heterocycles. The Morgan fingerprint density at radius 3 is 2.50 bits per heavy atom. The number of halogens is 2. The molecule has 0 saturated carbocycles. The first-order chi connectivity index (χ1) is 13.4. The summed E-state index contributed by atoms with van der Waals surface area (Å²) in [6.45, 7) is 3.50. The van der Waals surface area contributed by atoms with Gasteiger partial charge in [0.1, 0.15) is 11.6 Å². The maximum atomic E-state index is 13.0. The van der Waals surface area contributed by atoms with E-state index in [9.17, 15) is 9.18 Å². The Morgan fingerprint density at radius 2 is 1.82 bits per heavy atom. The van der Waals surface area contributed by atoms with Crippen molar-refractivity contribution in [2.75, 3.05) is 5.32 Å². The maximum Gasteiger partial charge on any atom is 0.277 e. The highest BCUT2D eigenvalue weighted by Crippen LogP contribution is 2.27. The van der Waals surface area contributed by atoms with E-state index in [1.54, 1.807) is 26.0 Å². The Morgan fingerprint density at radius 1 is 1.14 bits per heavy atom. The number of nitrogens with one attached hydrogen (secondary N) is 1. The summed E-state index contributed by atoms with van der Waals surface area (Å²) in [6.07, 6.45) is -0.515. The molecule has 2 atom stereocenters. The van der Waals surface area contributed by atoms with Crippen LogP contribution in [0.2, 0.25) is 0 Å². The normalized spacial score (nSPS) is 13.0. The van der Waals surface area contributed by atoms with Crippen LogP contribution in [-0.2, 0) is 4.79 Å². The quantitative estimate of drug-likeness (QED) is 0.481. The second kappa shape index (κ2) is 9.20. The van der Waals surface area contributed by atoms with Crippen molar-refractivity contribution in [3.63, 3.8) is 0 Å². The summed E-state index contributed by atoms with van der Waals surface area (Å²) in [6, 6.07) is 13.0. The number of carbonyl (C=O) groups is 1. The highest BCUT2D eigenvalue weighted by Gasteiger charge is 2.21. The molecule has 0 fully saturated rings. The summed E-state index contributed by atoms with van der Waals surface area (Å²) in [5.41, 5.74) is 0.702. The fourth-order valence-electron chi connectivity index (χ4n) is 2.18. The van der Waals surface area contributed by atoms with Crippen LogP contribution in [0.3, 0.4) is 0 Å².